The summed E-state index contributed by atoms with van der Waals surface area (Å²) in [6.07, 6.45) is 0. The molecule has 2 heteroatoms. The Morgan fingerprint density at radius 3 is 2.19 bits per heavy atom. The van der Waals surface area contributed by atoms with Crippen LogP contribution in [0.15, 0.2) is 24.3 Å². The molecule has 0 saturated heterocycles. The lowest BCUT2D eigenvalue weighted by atomic mass is 10.1. The molecule has 1 amide bonds. The summed E-state index contributed by atoms with van der Waals surface area (Å²) in [6.45, 7) is 10.9. The number of carbonyl (C=O) groups excluding carboxylic acids is 1. The van der Waals surface area contributed by atoms with Crippen molar-refractivity contribution in [2.75, 3.05) is 0 Å². The van der Waals surface area contributed by atoms with E-state index in [2.05, 4.69) is 20.8 Å². The van der Waals surface area contributed by atoms with E-state index in [4.69, 9.17) is 0 Å². The third-order valence-corrected chi connectivity index (χ3v) is 2.63. The predicted molar refractivity (Wildman–Crippen MR) is 67.4 cm³/mol. The Balaban J connectivity index is 0.000000606. The highest BCUT2D eigenvalue weighted by molar-refractivity contribution is 5.98. The smallest absolute Gasteiger partial charge is 0.254 e. The van der Waals surface area contributed by atoms with Gasteiger partial charge in [0.15, 0.2) is 0 Å². The van der Waals surface area contributed by atoms with Gasteiger partial charge in [0.2, 0.25) is 0 Å². The summed E-state index contributed by atoms with van der Waals surface area (Å²) in [5.41, 5.74) is 1.92. The van der Waals surface area contributed by atoms with Crippen LogP contribution in [0.5, 0.6) is 0 Å². The van der Waals surface area contributed by atoms with E-state index in [1.165, 1.54) is 0 Å². The zero-order valence-electron chi connectivity index (χ0n) is 10.9. The first-order valence-electron chi connectivity index (χ1n) is 5.90. The molecule has 1 aromatic carbocycles. The van der Waals surface area contributed by atoms with Gasteiger partial charge in [-0.25, -0.2) is 0 Å². The third-order valence-electron chi connectivity index (χ3n) is 2.63. The normalized spacial score (nSPS) is 14.3. The monoisotopic (exact) mass is 219 g/mol. The summed E-state index contributed by atoms with van der Waals surface area (Å²) in [5, 5.41) is 0. The average Bonchev–Trinajstić information content (AvgIpc) is 2.60. The quantitative estimate of drug-likeness (QED) is 0.654. The Morgan fingerprint density at radius 2 is 1.69 bits per heavy atom. The molecular formula is C14H21NO. The minimum absolute atomic E-state index is 0.0872. The van der Waals surface area contributed by atoms with Gasteiger partial charge in [0.25, 0.3) is 5.91 Å². The molecule has 0 aliphatic carbocycles. The highest BCUT2D eigenvalue weighted by atomic mass is 16.2. The number of hydrogen-bond donors (Lipinski definition) is 0. The van der Waals surface area contributed by atoms with Gasteiger partial charge in [0.05, 0.1) is 0 Å². The maximum atomic E-state index is 12.0. The van der Waals surface area contributed by atoms with E-state index in [0.29, 0.717) is 0 Å². The fraction of sp³-hybridized carbons (Fsp3) is 0.500. The molecule has 0 unspecified atom stereocenters. The minimum Gasteiger partial charge on any atom is -0.329 e. The molecular weight excluding hydrogens is 198 g/mol. The molecule has 0 radical (unpaired) electrons. The van der Waals surface area contributed by atoms with Gasteiger partial charge in [-0.05, 0) is 32.4 Å². The first kappa shape index (κ1) is 12.8. The topological polar surface area (TPSA) is 20.3 Å². The van der Waals surface area contributed by atoms with E-state index in [0.717, 1.165) is 17.7 Å². The zero-order valence-corrected chi connectivity index (χ0v) is 10.9. The van der Waals surface area contributed by atoms with E-state index in [1.807, 2.05) is 43.0 Å². The van der Waals surface area contributed by atoms with Gasteiger partial charge in [-0.2, -0.15) is 0 Å². The number of amides is 1. The second-order valence-electron chi connectivity index (χ2n) is 4.72. The van der Waals surface area contributed by atoms with E-state index in [1.54, 1.807) is 0 Å². The summed E-state index contributed by atoms with van der Waals surface area (Å²) in [4.78, 5) is 13.9. The largest absolute Gasteiger partial charge is 0.329 e. The second-order valence-corrected chi connectivity index (χ2v) is 4.72. The zero-order chi connectivity index (χ0) is 12.3. The van der Waals surface area contributed by atoms with Crippen LogP contribution in [0, 0.1) is 0 Å². The SMILES string of the molecule is CC.CC(C)(C)N1Cc2ccccc2C1=O. The van der Waals surface area contributed by atoms with Crippen LogP contribution in [0.3, 0.4) is 0 Å². The van der Waals surface area contributed by atoms with Crippen LogP contribution < -0.4 is 0 Å². The molecule has 2 nitrogen and oxygen atoms in total. The van der Waals surface area contributed by atoms with Gasteiger partial charge in [-0.15, -0.1) is 0 Å². The van der Waals surface area contributed by atoms with Crippen molar-refractivity contribution in [2.45, 2.75) is 46.7 Å². The number of rotatable bonds is 0. The third kappa shape index (κ3) is 2.26. The Bertz CT molecular complexity index is 377. The van der Waals surface area contributed by atoms with E-state index in [-0.39, 0.29) is 11.4 Å². The van der Waals surface area contributed by atoms with Crippen molar-refractivity contribution in [1.29, 1.82) is 0 Å². The molecule has 88 valence electrons. The summed E-state index contributed by atoms with van der Waals surface area (Å²) in [7, 11) is 0. The predicted octanol–water partition coefficient (Wildman–Crippen LogP) is 3.47. The summed E-state index contributed by atoms with van der Waals surface area (Å²) in [6, 6.07) is 7.84. The molecule has 1 aromatic rings. The van der Waals surface area contributed by atoms with Crippen LogP contribution in [0.1, 0.15) is 50.5 Å². The van der Waals surface area contributed by atoms with Gasteiger partial charge in [0, 0.05) is 17.6 Å². The van der Waals surface area contributed by atoms with E-state index < -0.39 is 0 Å². The molecule has 2 rings (SSSR count). The Kier molecular flexibility index (Phi) is 3.74. The Hall–Kier alpha value is -1.31. The number of nitrogens with zero attached hydrogens (tertiary/aromatic N) is 1. The standard InChI is InChI=1S/C12H15NO.C2H6/c1-12(2,3)13-8-9-6-4-5-7-10(9)11(13)14;1-2/h4-7H,8H2,1-3H3;1-2H3. The summed E-state index contributed by atoms with van der Waals surface area (Å²) in [5.74, 6) is 0.160. The van der Waals surface area contributed by atoms with Gasteiger partial charge < -0.3 is 4.90 Å². The molecule has 0 atom stereocenters. The molecule has 0 spiro atoms. The van der Waals surface area contributed by atoms with Crippen molar-refractivity contribution >= 4 is 5.91 Å². The van der Waals surface area contributed by atoms with Crippen LogP contribution in [-0.2, 0) is 6.54 Å². The van der Waals surface area contributed by atoms with Gasteiger partial charge >= 0.3 is 0 Å². The Morgan fingerprint density at radius 1 is 1.12 bits per heavy atom. The first-order chi connectivity index (χ1) is 7.50. The van der Waals surface area contributed by atoms with Crippen molar-refractivity contribution in [3.8, 4) is 0 Å². The first-order valence-corrected chi connectivity index (χ1v) is 5.90. The fourth-order valence-corrected chi connectivity index (χ4v) is 1.80. The van der Waals surface area contributed by atoms with Crippen molar-refractivity contribution in [3.05, 3.63) is 35.4 Å². The van der Waals surface area contributed by atoms with Gasteiger partial charge in [-0.3, -0.25) is 4.79 Å². The number of hydrogen-bond acceptors (Lipinski definition) is 1. The highest BCUT2D eigenvalue weighted by Crippen LogP contribution is 2.28. The molecule has 0 fully saturated rings. The number of carbonyl (C=O) groups is 1. The van der Waals surface area contributed by atoms with Crippen molar-refractivity contribution < 1.29 is 4.79 Å². The lowest BCUT2D eigenvalue weighted by molar-refractivity contribution is 0.0609. The minimum atomic E-state index is -0.0872. The van der Waals surface area contributed by atoms with Crippen LogP contribution in [0.2, 0.25) is 0 Å². The fourth-order valence-electron chi connectivity index (χ4n) is 1.80. The molecule has 0 bridgehead atoms. The van der Waals surface area contributed by atoms with Crippen LogP contribution in [0.25, 0.3) is 0 Å². The van der Waals surface area contributed by atoms with Crippen LogP contribution >= 0.6 is 0 Å². The second kappa shape index (κ2) is 4.69. The molecule has 16 heavy (non-hydrogen) atoms. The van der Waals surface area contributed by atoms with E-state index in [9.17, 15) is 4.79 Å². The van der Waals surface area contributed by atoms with Crippen LogP contribution in [0.4, 0.5) is 0 Å². The maximum absolute atomic E-state index is 12.0. The molecule has 0 saturated carbocycles. The molecule has 1 aliphatic rings. The average molecular weight is 219 g/mol. The Labute approximate surface area is 98.3 Å². The summed E-state index contributed by atoms with van der Waals surface area (Å²) >= 11 is 0. The summed E-state index contributed by atoms with van der Waals surface area (Å²) < 4.78 is 0. The lowest BCUT2D eigenvalue weighted by Crippen LogP contribution is -2.41. The van der Waals surface area contributed by atoms with Gasteiger partial charge in [-0.1, -0.05) is 32.0 Å². The number of benzene rings is 1. The highest BCUT2D eigenvalue weighted by Gasteiger charge is 2.33. The maximum Gasteiger partial charge on any atom is 0.254 e. The van der Waals surface area contributed by atoms with Crippen LogP contribution in [-0.4, -0.2) is 16.3 Å². The molecule has 1 aliphatic heterocycles. The molecule has 0 N–H and O–H groups in total. The van der Waals surface area contributed by atoms with Crippen molar-refractivity contribution in [1.82, 2.24) is 4.90 Å². The van der Waals surface area contributed by atoms with E-state index >= 15 is 0 Å². The van der Waals surface area contributed by atoms with Gasteiger partial charge in [0.1, 0.15) is 0 Å². The van der Waals surface area contributed by atoms with Crippen molar-refractivity contribution in [3.63, 3.8) is 0 Å². The molecule has 1 heterocycles. The lowest BCUT2D eigenvalue weighted by Gasteiger charge is -2.31. The molecule has 0 aromatic heterocycles. The van der Waals surface area contributed by atoms with Crippen molar-refractivity contribution in [2.24, 2.45) is 0 Å². The number of fused-ring (bicyclic) bond motifs is 1.